The molecule has 2 fully saturated rings. The Labute approximate surface area is 117 Å². The summed E-state index contributed by atoms with van der Waals surface area (Å²) in [5.41, 5.74) is 0. The lowest BCUT2D eigenvalue weighted by Gasteiger charge is -2.27. The molecule has 2 aliphatic rings. The fourth-order valence-corrected chi connectivity index (χ4v) is 5.20. The van der Waals surface area contributed by atoms with Gasteiger partial charge in [0.1, 0.15) is 0 Å². The van der Waals surface area contributed by atoms with Crippen LogP contribution in [-0.2, 0) is 9.84 Å². The van der Waals surface area contributed by atoms with Gasteiger partial charge in [0.05, 0.1) is 11.5 Å². The highest BCUT2D eigenvalue weighted by atomic mass is 32.2. The van der Waals surface area contributed by atoms with Gasteiger partial charge in [-0.05, 0) is 44.2 Å². The molecule has 0 radical (unpaired) electrons. The van der Waals surface area contributed by atoms with Crippen LogP contribution in [0.3, 0.4) is 0 Å². The van der Waals surface area contributed by atoms with Crippen molar-refractivity contribution in [2.24, 2.45) is 11.8 Å². The zero-order chi connectivity index (χ0) is 13.9. The summed E-state index contributed by atoms with van der Waals surface area (Å²) in [6.45, 7) is 8.78. The van der Waals surface area contributed by atoms with Gasteiger partial charge >= 0.3 is 0 Å². The van der Waals surface area contributed by atoms with Crippen molar-refractivity contribution < 1.29 is 8.42 Å². The highest BCUT2D eigenvalue weighted by Gasteiger charge is 2.30. The van der Waals surface area contributed by atoms with Crippen molar-refractivity contribution in [3.05, 3.63) is 0 Å². The van der Waals surface area contributed by atoms with Crippen molar-refractivity contribution >= 4 is 9.84 Å². The Bertz CT molecular complexity index is 381. The summed E-state index contributed by atoms with van der Waals surface area (Å²) in [5, 5.41) is 3.62. The number of rotatable bonds is 4. The monoisotopic (exact) mass is 288 g/mol. The quantitative estimate of drug-likeness (QED) is 0.842. The third-order valence-electron chi connectivity index (χ3n) is 4.16. The Kier molecular flexibility index (Phi) is 5.26. The highest BCUT2D eigenvalue weighted by Crippen LogP contribution is 2.20. The molecule has 0 aliphatic carbocycles. The van der Waals surface area contributed by atoms with E-state index in [-0.39, 0.29) is 0 Å². The molecule has 2 aliphatic heterocycles. The van der Waals surface area contributed by atoms with Gasteiger partial charge in [-0.15, -0.1) is 0 Å². The Hall–Kier alpha value is -0.130. The van der Waals surface area contributed by atoms with E-state index in [1.165, 1.54) is 12.8 Å². The summed E-state index contributed by atoms with van der Waals surface area (Å²) in [4.78, 5) is 2.48. The fourth-order valence-electron chi connectivity index (χ4n) is 3.35. The Morgan fingerprint density at radius 1 is 1.37 bits per heavy atom. The first kappa shape index (κ1) is 15.3. The summed E-state index contributed by atoms with van der Waals surface area (Å²) in [6, 6.07) is 0.570. The second kappa shape index (κ2) is 6.55. The zero-order valence-corrected chi connectivity index (χ0v) is 13.1. The lowest BCUT2D eigenvalue weighted by atomic mass is 10.0. The summed E-state index contributed by atoms with van der Waals surface area (Å²) >= 11 is 0. The summed E-state index contributed by atoms with van der Waals surface area (Å²) in [7, 11) is -2.73. The van der Waals surface area contributed by atoms with Crippen LogP contribution in [0, 0.1) is 11.8 Å². The van der Waals surface area contributed by atoms with Crippen molar-refractivity contribution in [1.29, 1.82) is 0 Å². The number of hydrogen-bond acceptors (Lipinski definition) is 4. The van der Waals surface area contributed by atoms with Gasteiger partial charge in [0.15, 0.2) is 9.84 Å². The number of hydrogen-bond donors (Lipinski definition) is 1. The molecule has 112 valence electrons. The molecule has 1 N–H and O–H groups in total. The third-order valence-corrected chi connectivity index (χ3v) is 6.00. The molecule has 0 aromatic carbocycles. The van der Waals surface area contributed by atoms with Crippen LogP contribution in [0.15, 0.2) is 0 Å². The van der Waals surface area contributed by atoms with E-state index >= 15 is 0 Å². The van der Waals surface area contributed by atoms with Gasteiger partial charge in [-0.2, -0.15) is 0 Å². The van der Waals surface area contributed by atoms with Crippen LogP contribution in [0.2, 0.25) is 0 Å². The van der Waals surface area contributed by atoms with E-state index < -0.39 is 9.84 Å². The highest BCUT2D eigenvalue weighted by molar-refractivity contribution is 7.91. The second-order valence-electron chi connectivity index (χ2n) is 6.66. The van der Waals surface area contributed by atoms with Crippen molar-refractivity contribution in [3.63, 3.8) is 0 Å². The second-order valence-corrected chi connectivity index (χ2v) is 8.89. The molecular formula is C14H28N2O2S. The smallest absolute Gasteiger partial charge is 0.150 e. The minimum atomic E-state index is -2.73. The van der Waals surface area contributed by atoms with Crippen molar-refractivity contribution in [1.82, 2.24) is 10.2 Å². The molecule has 2 rings (SSSR count). The molecule has 2 unspecified atom stereocenters. The maximum atomic E-state index is 11.5. The third kappa shape index (κ3) is 5.04. The van der Waals surface area contributed by atoms with Gasteiger partial charge in [-0.1, -0.05) is 13.8 Å². The first-order valence-corrected chi connectivity index (χ1v) is 9.43. The molecule has 0 saturated carbocycles. The topological polar surface area (TPSA) is 49.4 Å². The van der Waals surface area contributed by atoms with Crippen molar-refractivity contribution in [2.45, 2.75) is 39.2 Å². The molecular weight excluding hydrogens is 260 g/mol. The van der Waals surface area contributed by atoms with E-state index in [2.05, 4.69) is 24.1 Å². The lowest BCUT2D eigenvalue weighted by Crippen LogP contribution is -2.40. The van der Waals surface area contributed by atoms with Crippen LogP contribution in [0.25, 0.3) is 0 Å². The molecule has 5 heteroatoms. The van der Waals surface area contributed by atoms with Gasteiger partial charge in [0, 0.05) is 19.1 Å². The first-order valence-electron chi connectivity index (χ1n) is 7.61. The standard InChI is InChI=1S/C14H28N2O2S/c1-12(2)8-14-10-16(6-3-5-15-14)9-13-4-7-19(17,18)11-13/h12-15H,3-11H2,1-2H3. The maximum Gasteiger partial charge on any atom is 0.150 e. The van der Waals surface area contributed by atoms with Crippen molar-refractivity contribution in [2.75, 3.05) is 37.7 Å². The van der Waals surface area contributed by atoms with Crippen molar-refractivity contribution in [3.8, 4) is 0 Å². The van der Waals surface area contributed by atoms with Gasteiger partial charge in [0.25, 0.3) is 0 Å². The SMILES string of the molecule is CC(C)CC1CN(CC2CCS(=O)(=O)C2)CCCN1. The van der Waals surface area contributed by atoms with E-state index in [1.54, 1.807) is 0 Å². The minimum absolute atomic E-state index is 0.364. The Balaban J connectivity index is 1.85. The van der Waals surface area contributed by atoms with Crippen LogP contribution in [0.1, 0.15) is 33.1 Å². The molecule has 4 nitrogen and oxygen atoms in total. The summed E-state index contributed by atoms with van der Waals surface area (Å²) in [5.74, 6) is 1.89. The average Bonchev–Trinajstić information content (AvgIpc) is 2.50. The largest absolute Gasteiger partial charge is 0.313 e. The van der Waals surface area contributed by atoms with Crippen LogP contribution >= 0.6 is 0 Å². The van der Waals surface area contributed by atoms with E-state index in [9.17, 15) is 8.42 Å². The molecule has 2 saturated heterocycles. The van der Waals surface area contributed by atoms with E-state index in [1.807, 2.05) is 0 Å². The molecule has 19 heavy (non-hydrogen) atoms. The Morgan fingerprint density at radius 2 is 2.16 bits per heavy atom. The van der Waals surface area contributed by atoms with Crippen LogP contribution < -0.4 is 5.32 Å². The van der Waals surface area contributed by atoms with Gasteiger partial charge in [0.2, 0.25) is 0 Å². The molecule has 0 bridgehead atoms. The van der Waals surface area contributed by atoms with E-state index in [0.717, 1.165) is 32.6 Å². The molecule has 0 spiro atoms. The summed E-state index contributed by atoms with van der Waals surface area (Å²) in [6.07, 6.45) is 3.24. The van der Waals surface area contributed by atoms with Gasteiger partial charge in [-0.25, -0.2) is 8.42 Å². The average molecular weight is 288 g/mol. The number of nitrogens with zero attached hydrogens (tertiary/aromatic N) is 1. The maximum absolute atomic E-state index is 11.5. The van der Waals surface area contributed by atoms with Crippen LogP contribution in [0.5, 0.6) is 0 Å². The molecule has 2 atom stereocenters. The van der Waals surface area contributed by atoms with Crippen LogP contribution in [0.4, 0.5) is 0 Å². The molecule has 2 heterocycles. The molecule has 0 amide bonds. The van der Waals surface area contributed by atoms with Gasteiger partial charge in [-0.3, -0.25) is 0 Å². The van der Waals surface area contributed by atoms with Gasteiger partial charge < -0.3 is 10.2 Å². The Morgan fingerprint density at radius 3 is 2.79 bits per heavy atom. The number of sulfone groups is 1. The zero-order valence-electron chi connectivity index (χ0n) is 12.3. The number of nitrogens with one attached hydrogen (secondary N) is 1. The van der Waals surface area contributed by atoms with Crippen LogP contribution in [-0.4, -0.2) is 57.0 Å². The predicted octanol–water partition coefficient (Wildman–Crippen LogP) is 1.13. The summed E-state index contributed by atoms with van der Waals surface area (Å²) < 4.78 is 23.1. The normalized spacial score (nSPS) is 32.6. The molecule has 0 aromatic rings. The fraction of sp³-hybridized carbons (Fsp3) is 1.00. The predicted molar refractivity (Wildman–Crippen MR) is 79.1 cm³/mol. The molecule has 0 aromatic heterocycles. The van der Waals surface area contributed by atoms with E-state index in [0.29, 0.717) is 29.4 Å². The minimum Gasteiger partial charge on any atom is -0.313 e. The van der Waals surface area contributed by atoms with E-state index in [4.69, 9.17) is 0 Å². The lowest BCUT2D eigenvalue weighted by molar-refractivity contribution is 0.226. The first-order chi connectivity index (χ1) is 8.94.